The standard InChI is InChI=1S/C16H23FN2O/c1-3-8-16(9-11-18-12-10-16)15(20)19(2)14-7-5-4-6-13(14)17/h4-7,18H,3,8-12H2,1-2H3. The largest absolute Gasteiger partial charge is 0.317 e. The molecule has 0 aliphatic carbocycles. The second-order valence-corrected chi connectivity index (χ2v) is 5.60. The quantitative estimate of drug-likeness (QED) is 0.918. The number of hydrogen-bond donors (Lipinski definition) is 1. The zero-order chi connectivity index (χ0) is 14.6. The molecule has 0 spiro atoms. The van der Waals surface area contributed by atoms with Crippen molar-refractivity contribution in [2.24, 2.45) is 5.41 Å². The molecule has 1 fully saturated rings. The second-order valence-electron chi connectivity index (χ2n) is 5.60. The number of hydrogen-bond acceptors (Lipinski definition) is 2. The maximum absolute atomic E-state index is 13.9. The Balaban J connectivity index is 2.25. The first kappa shape index (κ1) is 15.0. The van der Waals surface area contributed by atoms with Gasteiger partial charge in [0.05, 0.1) is 11.1 Å². The van der Waals surface area contributed by atoms with Crippen LogP contribution in [-0.2, 0) is 4.79 Å². The molecular weight excluding hydrogens is 255 g/mol. The van der Waals surface area contributed by atoms with Gasteiger partial charge in [-0.25, -0.2) is 4.39 Å². The molecular formula is C16H23FN2O. The highest BCUT2D eigenvalue weighted by atomic mass is 19.1. The molecule has 0 aromatic heterocycles. The molecule has 110 valence electrons. The number of nitrogens with one attached hydrogen (secondary N) is 1. The lowest BCUT2D eigenvalue weighted by Crippen LogP contribution is -2.48. The Kier molecular flexibility index (Phi) is 4.76. The smallest absolute Gasteiger partial charge is 0.233 e. The van der Waals surface area contributed by atoms with Gasteiger partial charge in [0.15, 0.2) is 0 Å². The molecule has 0 bridgehead atoms. The van der Waals surface area contributed by atoms with E-state index >= 15 is 0 Å². The Morgan fingerprint density at radius 1 is 1.35 bits per heavy atom. The highest BCUT2D eigenvalue weighted by molar-refractivity contribution is 5.97. The van der Waals surface area contributed by atoms with Crippen molar-refractivity contribution in [2.75, 3.05) is 25.0 Å². The van der Waals surface area contributed by atoms with Gasteiger partial charge >= 0.3 is 0 Å². The van der Waals surface area contributed by atoms with E-state index in [-0.39, 0.29) is 17.1 Å². The molecule has 1 aromatic rings. The molecule has 0 saturated carbocycles. The van der Waals surface area contributed by atoms with Gasteiger partial charge in [-0.2, -0.15) is 0 Å². The number of benzene rings is 1. The van der Waals surface area contributed by atoms with E-state index in [2.05, 4.69) is 12.2 Å². The predicted octanol–water partition coefficient (Wildman–Crippen LogP) is 2.96. The van der Waals surface area contributed by atoms with E-state index in [1.54, 1.807) is 25.2 Å². The fraction of sp³-hybridized carbons (Fsp3) is 0.562. The number of rotatable bonds is 4. The number of para-hydroxylation sites is 1. The van der Waals surface area contributed by atoms with Crippen LogP contribution in [-0.4, -0.2) is 26.0 Å². The number of amides is 1. The summed E-state index contributed by atoms with van der Waals surface area (Å²) in [6, 6.07) is 6.46. The Hall–Kier alpha value is -1.42. The van der Waals surface area contributed by atoms with Crippen LogP contribution in [0.2, 0.25) is 0 Å². The summed E-state index contributed by atoms with van der Waals surface area (Å²) in [6.45, 7) is 3.81. The van der Waals surface area contributed by atoms with E-state index in [0.29, 0.717) is 5.69 Å². The summed E-state index contributed by atoms with van der Waals surface area (Å²) < 4.78 is 13.9. The second kappa shape index (κ2) is 6.35. The van der Waals surface area contributed by atoms with Crippen molar-refractivity contribution in [3.8, 4) is 0 Å². The van der Waals surface area contributed by atoms with Crippen LogP contribution in [0, 0.1) is 11.2 Å². The third-order valence-electron chi connectivity index (χ3n) is 4.26. The number of carbonyl (C=O) groups is 1. The molecule has 1 aliphatic rings. The summed E-state index contributed by atoms with van der Waals surface area (Å²) in [5.74, 6) is -0.296. The Labute approximate surface area is 120 Å². The van der Waals surface area contributed by atoms with Gasteiger partial charge in [0.2, 0.25) is 5.91 Å². The zero-order valence-electron chi connectivity index (χ0n) is 12.3. The van der Waals surface area contributed by atoms with Gasteiger partial charge in [-0.05, 0) is 44.5 Å². The Morgan fingerprint density at radius 2 is 2.00 bits per heavy atom. The first-order valence-electron chi connectivity index (χ1n) is 7.34. The lowest BCUT2D eigenvalue weighted by atomic mass is 9.74. The van der Waals surface area contributed by atoms with E-state index in [1.165, 1.54) is 11.0 Å². The fourth-order valence-electron chi connectivity index (χ4n) is 3.14. The Morgan fingerprint density at radius 3 is 2.60 bits per heavy atom. The fourth-order valence-corrected chi connectivity index (χ4v) is 3.14. The lowest BCUT2D eigenvalue weighted by molar-refractivity contribution is -0.130. The van der Waals surface area contributed by atoms with E-state index < -0.39 is 0 Å². The van der Waals surface area contributed by atoms with Gasteiger partial charge in [0.25, 0.3) is 0 Å². The minimum absolute atomic E-state index is 0.0472. The maximum Gasteiger partial charge on any atom is 0.233 e. The van der Waals surface area contributed by atoms with E-state index in [1.807, 2.05) is 0 Å². The van der Waals surface area contributed by atoms with Crippen molar-refractivity contribution >= 4 is 11.6 Å². The third-order valence-corrected chi connectivity index (χ3v) is 4.26. The molecule has 1 amide bonds. The molecule has 0 atom stereocenters. The third kappa shape index (κ3) is 2.85. The van der Waals surface area contributed by atoms with Crippen molar-refractivity contribution < 1.29 is 9.18 Å². The topological polar surface area (TPSA) is 32.3 Å². The zero-order valence-corrected chi connectivity index (χ0v) is 12.3. The summed E-state index contributed by atoms with van der Waals surface area (Å²) in [5, 5.41) is 3.30. The van der Waals surface area contributed by atoms with Crippen molar-refractivity contribution in [3.05, 3.63) is 30.1 Å². The molecule has 1 heterocycles. The van der Waals surface area contributed by atoms with Gasteiger partial charge in [-0.1, -0.05) is 25.5 Å². The van der Waals surface area contributed by atoms with Crippen LogP contribution < -0.4 is 10.2 Å². The van der Waals surface area contributed by atoms with Crippen molar-refractivity contribution in [1.82, 2.24) is 5.32 Å². The first-order valence-corrected chi connectivity index (χ1v) is 7.34. The normalized spacial score (nSPS) is 17.8. The van der Waals surface area contributed by atoms with Gasteiger partial charge < -0.3 is 10.2 Å². The van der Waals surface area contributed by atoms with Gasteiger partial charge in [-0.3, -0.25) is 4.79 Å². The van der Waals surface area contributed by atoms with Gasteiger partial charge in [-0.15, -0.1) is 0 Å². The average molecular weight is 278 g/mol. The summed E-state index contributed by atoms with van der Waals surface area (Å²) >= 11 is 0. The van der Waals surface area contributed by atoms with Crippen LogP contribution in [0.4, 0.5) is 10.1 Å². The molecule has 0 unspecified atom stereocenters. The number of halogens is 1. The summed E-state index contributed by atoms with van der Waals surface area (Å²) in [7, 11) is 1.68. The highest BCUT2D eigenvalue weighted by Gasteiger charge is 2.40. The van der Waals surface area contributed by atoms with Crippen LogP contribution in [0.15, 0.2) is 24.3 Å². The summed E-state index contributed by atoms with van der Waals surface area (Å²) in [4.78, 5) is 14.4. The summed E-state index contributed by atoms with van der Waals surface area (Å²) in [6.07, 6.45) is 3.50. The minimum Gasteiger partial charge on any atom is -0.317 e. The first-order chi connectivity index (χ1) is 9.60. The molecule has 1 aliphatic heterocycles. The molecule has 1 aromatic carbocycles. The molecule has 0 radical (unpaired) electrons. The van der Waals surface area contributed by atoms with Crippen LogP contribution in [0.5, 0.6) is 0 Å². The molecule has 4 heteroatoms. The minimum atomic E-state index is -0.344. The van der Waals surface area contributed by atoms with E-state index in [9.17, 15) is 9.18 Å². The predicted molar refractivity (Wildman–Crippen MR) is 79.3 cm³/mol. The van der Waals surface area contributed by atoms with Gasteiger partial charge in [0.1, 0.15) is 5.82 Å². The molecule has 3 nitrogen and oxygen atoms in total. The van der Waals surface area contributed by atoms with Crippen LogP contribution in [0.3, 0.4) is 0 Å². The molecule has 1 saturated heterocycles. The van der Waals surface area contributed by atoms with Crippen molar-refractivity contribution in [2.45, 2.75) is 32.6 Å². The molecule has 2 rings (SSSR count). The number of piperidine rings is 1. The highest BCUT2D eigenvalue weighted by Crippen LogP contribution is 2.37. The number of nitrogens with zero attached hydrogens (tertiary/aromatic N) is 1. The average Bonchev–Trinajstić information content (AvgIpc) is 2.47. The van der Waals surface area contributed by atoms with Crippen LogP contribution in [0.1, 0.15) is 32.6 Å². The monoisotopic (exact) mass is 278 g/mol. The summed E-state index contributed by atoms with van der Waals surface area (Å²) in [5.41, 5.74) is 0.0309. The van der Waals surface area contributed by atoms with Crippen molar-refractivity contribution in [1.29, 1.82) is 0 Å². The van der Waals surface area contributed by atoms with E-state index in [0.717, 1.165) is 38.8 Å². The SMILES string of the molecule is CCCC1(C(=O)N(C)c2ccccc2F)CCNCC1. The molecule has 20 heavy (non-hydrogen) atoms. The van der Waals surface area contributed by atoms with E-state index in [4.69, 9.17) is 0 Å². The van der Waals surface area contributed by atoms with Crippen molar-refractivity contribution in [3.63, 3.8) is 0 Å². The van der Waals surface area contributed by atoms with Gasteiger partial charge in [0, 0.05) is 7.05 Å². The van der Waals surface area contributed by atoms with Crippen LogP contribution >= 0.6 is 0 Å². The lowest BCUT2D eigenvalue weighted by Gasteiger charge is -2.39. The molecule has 1 N–H and O–H groups in total. The number of carbonyl (C=O) groups excluding carboxylic acids is 1. The van der Waals surface area contributed by atoms with Crippen LogP contribution in [0.25, 0.3) is 0 Å². The maximum atomic E-state index is 13.9. The Bertz CT molecular complexity index is 464. The number of anilines is 1.